The van der Waals surface area contributed by atoms with Gasteiger partial charge in [-0.3, -0.25) is 29.3 Å². The van der Waals surface area contributed by atoms with Gasteiger partial charge < -0.3 is 92.4 Å². The normalized spacial score (nSPS) is 33.7. The van der Waals surface area contributed by atoms with Gasteiger partial charge in [0.2, 0.25) is 23.1 Å². The number of aliphatic hydroxyl groups excluding tert-OH is 4. The molecule has 4 fully saturated rings. The van der Waals surface area contributed by atoms with Gasteiger partial charge in [0.05, 0.1) is 97.0 Å². The molecule has 516 valence electrons. The van der Waals surface area contributed by atoms with Crippen molar-refractivity contribution >= 4 is 84.8 Å². The maximum Gasteiger partial charge on any atom is 0.411 e. The number of nitrogens with zero attached hydrogens (tertiary/aromatic N) is 1. The van der Waals surface area contributed by atoms with Crippen LogP contribution in [0.15, 0.2) is 35.1 Å². The molecule has 4 heterocycles. The van der Waals surface area contributed by atoms with Gasteiger partial charge in [-0.1, -0.05) is 63.1 Å². The number of halogens is 1. The molecule has 1 aromatic rings. The molecule has 31 heteroatoms. The lowest BCUT2D eigenvalue weighted by Gasteiger charge is -2.47. The number of aliphatic hydroxyl groups is 5. The van der Waals surface area contributed by atoms with Crippen LogP contribution >= 0.6 is 55.9 Å². The maximum atomic E-state index is 14.5. The van der Waals surface area contributed by atoms with Crippen LogP contribution in [0.5, 0.6) is 17.2 Å². The van der Waals surface area contributed by atoms with Crippen LogP contribution in [0.2, 0.25) is 0 Å². The molecule has 19 atom stereocenters. The number of fused-ring (bicyclic) bond motifs is 2. The van der Waals surface area contributed by atoms with Gasteiger partial charge in [0.25, 0.3) is 0 Å². The largest absolute Gasteiger partial charge is 0.492 e. The van der Waals surface area contributed by atoms with Crippen molar-refractivity contribution in [3.8, 4) is 40.9 Å². The number of amides is 2. The second-order valence-electron chi connectivity index (χ2n) is 23.3. The lowest BCUT2D eigenvalue weighted by Crippen LogP contribution is -2.65. The number of carbonyl (C=O) groups excluding carboxylic acids is 4. The van der Waals surface area contributed by atoms with Crippen LogP contribution in [0.3, 0.4) is 0 Å². The third-order valence-corrected chi connectivity index (χ3v) is 22.4. The van der Waals surface area contributed by atoms with Crippen molar-refractivity contribution in [2.75, 3.05) is 54.5 Å². The summed E-state index contributed by atoms with van der Waals surface area (Å²) in [5.41, 5.74) is 0.809. The van der Waals surface area contributed by atoms with Gasteiger partial charge in [-0.2, -0.15) is 5.48 Å². The lowest BCUT2D eigenvalue weighted by atomic mass is 9.75. The van der Waals surface area contributed by atoms with Gasteiger partial charge in [-0.15, -0.1) is 0 Å². The Morgan fingerprint density at radius 2 is 1.58 bits per heavy atom. The average molecular weight is 1480 g/mol. The van der Waals surface area contributed by atoms with Crippen molar-refractivity contribution in [1.29, 1.82) is 0 Å². The van der Waals surface area contributed by atoms with Crippen LogP contribution in [0.1, 0.15) is 96.5 Å². The summed E-state index contributed by atoms with van der Waals surface area (Å²) >= 11 is 2.78. The third-order valence-electron chi connectivity index (χ3n) is 16.5. The molecule has 2 amide bonds. The quantitative estimate of drug-likeness (QED) is 0.0227. The first-order valence-corrected chi connectivity index (χ1v) is 34.3. The summed E-state index contributed by atoms with van der Waals surface area (Å²) in [5, 5.41) is 69.1. The predicted octanol–water partition coefficient (Wildman–Crippen LogP) is 3.82. The highest BCUT2D eigenvalue weighted by Gasteiger charge is 2.52. The number of aliphatic carboxylic acids is 1. The number of rotatable bonds is 25. The standard InChI is InChI=1S/C62H84IN3O24S3/c1-14-66(33(6)67)35-28-83-41(26-39(35)78-9)88-54-49(73)46(30(3)85-59(54)87-38-19-17-15-16-18-22-62(77)27-37(69)47(64-60(76)82-13)44(38)34(62)21-24-91-93-61(7,8)23-20-40(70)71)65-90-42-25-36(68)56(32(5)84-42)92-57(75)43-29(2)45(63)52(55(81-12)51(43)79-10)89-58-50(74)53(80-11)48(72)31(4)86-58/h15-16,21,30-32,35-36,38-39,41-42,46,48-50,53-54,56,58-59,65,68,72-74,77H,14,20,23-28H2,1-13H3,(H,64,76)(H,70,71)/b16-15-,34-21+/t30-,31+,32-,35+,36+,38+,39+,41+,42+,46-,48+,49+,50-,53-,54-,56-,58+,59+,62+/m1/s1. The number of alkyl carbamates (subject to hydrolysis) is 1. The van der Waals surface area contributed by atoms with Crippen molar-refractivity contribution in [1.82, 2.24) is 15.7 Å². The number of ketones is 1. The van der Waals surface area contributed by atoms with E-state index in [9.17, 15) is 54.6 Å². The fraction of sp³-hybridized carbons (Fsp3) is 0.661. The summed E-state index contributed by atoms with van der Waals surface area (Å²) in [6.45, 7) is 13.9. The molecule has 27 nitrogen and oxygen atoms in total. The summed E-state index contributed by atoms with van der Waals surface area (Å²) in [6.07, 6.45) is -15.2. The van der Waals surface area contributed by atoms with E-state index in [1.165, 1.54) is 69.1 Å². The zero-order valence-corrected chi connectivity index (χ0v) is 58.5. The highest BCUT2D eigenvalue weighted by molar-refractivity contribution is 14.1. The number of hydrogen-bond donors (Lipinski definition) is 8. The number of ether oxygens (including phenoxy) is 12. The van der Waals surface area contributed by atoms with Crippen LogP contribution in [-0.2, 0) is 61.9 Å². The first kappa shape index (κ1) is 76.1. The molecule has 6 aliphatic rings. The summed E-state index contributed by atoms with van der Waals surface area (Å²) in [5.74, 6) is 9.77. The molecular formula is C62H84IN3O24S3. The van der Waals surface area contributed by atoms with Gasteiger partial charge in [-0.05, 0) is 95.2 Å². The number of methoxy groups -OCH3 is 5. The predicted molar refractivity (Wildman–Crippen MR) is 346 cm³/mol. The molecule has 4 aliphatic heterocycles. The molecule has 7 rings (SSSR count). The van der Waals surface area contributed by atoms with E-state index >= 15 is 0 Å². The number of benzene rings is 1. The summed E-state index contributed by atoms with van der Waals surface area (Å²) in [7, 11) is 9.38. The Balaban J connectivity index is 1.15. The highest BCUT2D eigenvalue weighted by atomic mass is 127. The van der Waals surface area contributed by atoms with Gasteiger partial charge in [-0.25, -0.2) is 4.79 Å². The number of hydroxylamine groups is 1. The van der Waals surface area contributed by atoms with E-state index < -0.39 is 149 Å². The molecule has 8 N–H and O–H groups in total. The maximum absolute atomic E-state index is 14.5. The highest BCUT2D eigenvalue weighted by Crippen LogP contribution is 2.49. The first-order chi connectivity index (χ1) is 44.1. The van der Waals surface area contributed by atoms with E-state index in [-0.39, 0.29) is 77.2 Å². The molecule has 0 spiro atoms. The number of allylic oxidation sites excluding steroid dienone is 3. The third kappa shape index (κ3) is 18.1. The van der Waals surface area contributed by atoms with E-state index in [0.29, 0.717) is 22.1 Å². The Bertz CT molecular complexity index is 3080. The first-order valence-electron chi connectivity index (χ1n) is 30.0. The van der Waals surface area contributed by atoms with Crippen LogP contribution in [0, 0.1) is 34.2 Å². The molecule has 0 unspecified atom stereocenters. The Labute approximate surface area is 566 Å². The second-order valence-corrected chi connectivity index (χ2v) is 28.6. The molecular weight excluding hydrogens is 1390 g/mol. The zero-order valence-electron chi connectivity index (χ0n) is 53.9. The number of nitrogens with one attached hydrogen (secondary N) is 2. The van der Waals surface area contributed by atoms with Gasteiger partial charge >= 0.3 is 12.1 Å². The summed E-state index contributed by atoms with van der Waals surface area (Å²) in [4.78, 5) is 73.8. The fourth-order valence-electron chi connectivity index (χ4n) is 11.6. The van der Waals surface area contributed by atoms with Crippen LogP contribution < -0.4 is 25.0 Å². The van der Waals surface area contributed by atoms with E-state index in [4.69, 9.17) is 61.7 Å². The molecule has 0 aromatic heterocycles. The number of carbonyl (C=O) groups is 5. The summed E-state index contributed by atoms with van der Waals surface area (Å²) in [6, 6.07) is -1.69. The van der Waals surface area contributed by atoms with Crippen LogP contribution in [-0.4, -0.2) is 239 Å². The number of hydrogen-bond acceptors (Lipinski definition) is 27. The fourth-order valence-corrected chi connectivity index (χ4v) is 15.8. The number of carboxylic acid groups (broad SMARTS) is 1. The second kappa shape index (κ2) is 33.8. The van der Waals surface area contributed by atoms with Gasteiger partial charge in [0, 0.05) is 68.6 Å². The van der Waals surface area contributed by atoms with Crippen molar-refractivity contribution in [3.05, 3.63) is 49.8 Å². The van der Waals surface area contributed by atoms with E-state index in [1.807, 2.05) is 43.4 Å². The van der Waals surface area contributed by atoms with E-state index in [2.05, 4.69) is 34.5 Å². The average Bonchev–Trinajstić information content (AvgIpc) is 0.764. The van der Waals surface area contributed by atoms with Gasteiger partial charge in [0.1, 0.15) is 36.6 Å². The monoisotopic (exact) mass is 1480 g/mol. The van der Waals surface area contributed by atoms with Crippen LogP contribution in [0.4, 0.5) is 4.79 Å². The SMILES string of the molecule is CCN(C(C)=O)[C@H]1CO[C@@H](O[C@H]2[C@H](O[C@H]3C#C/C=C\C#C[C@]4(O)CC(=O)C(NC(=O)OC)=C3/C4=C\CSSC(C)(C)CCC(=O)O)O[C@H](C)[C@@H](NO[C@H]3C[C@H](O)[C@H](SC(=O)c4c(C)c(I)c(O[C@@H]5O[C@@H](C)[C@H](O)[C@@H](OC)[C@H]5O)c(OC)c4OC)[C@@H](C)O3)[C@@H]2O)C[C@@H]1OC. The minimum atomic E-state index is -2.18. The Hall–Kier alpha value is -4.31. The molecule has 2 bridgehead atoms. The van der Waals surface area contributed by atoms with Crippen molar-refractivity contribution in [2.45, 2.75) is 207 Å². The Morgan fingerprint density at radius 1 is 0.882 bits per heavy atom. The van der Waals surface area contributed by atoms with Crippen molar-refractivity contribution < 1.29 is 116 Å². The van der Waals surface area contributed by atoms with E-state index in [1.54, 1.807) is 38.7 Å². The minimum Gasteiger partial charge on any atom is -0.492 e. The molecule has 93 heavy (non-hydrogen) atoms. The molecule has 0 radical (unpaired) electrons. The number of thioether (sulfide) groups is 1. The number of carboxylic acids is 1. The number of likely N-dealkylation sites (N-methyl/N-ethyl adjacent to an activating group) is 1. The molecule has 4 saturated heterocycles. The molecule has 2 aliphatic carbocycles. The smallest absolute Gasteiger partial charge is 0.411 e. The van der Waals surface area contributed by atoms with Crippen LogP contribution in [0.25, 0.3) is 0 Å². The van der Waals surface area contributed by atoms with Crippen molar-refractivity contribution in [3.63, 3.8) is 0 Å². The summed E-state index contributed by atoms with van der Waals surface area (Å²) < 4.78 is 72.3. The van der Waals surface area contributed by atoms with Gasteiger partial charge in [0.15, 0.2) is 41.8 Å². The van der Waals surface area contributed by atoms with Crippen molar-refractivity contribution in [2.24, 2.45) is 0 Å². The minimum absolute atomic E-state index is 0.00298. The van der Waals surface area contributed by atoms with E-state index in [0.717, 1.165) is 18.9 Å². The Morgan fingerprint density at radius 3 is 2.22 bits per heavy atom. The molecule has 0 saturated carbocycles. The topological polar surface area (TPSA) is 354 Å². The zero-order chi connectivity index (χ0) is 68.4. The Kier molecular flexibility index (Phi) is 27.6. The lowest BCUT2D eigenvalue weighted by molar-refractivity contribution is -0.337. The molecule has 1 aromatic carbocycles. The number of Topliss-reactive ketones (excluding diaryl/α,β-unsaturated/α-hetero) is 1.